The van der Waals surface area contributed by atoms with Crippen LogP contribution in [-0.2, 0) is 0 Å². The Kier molecular flexibility index (Phi) is 2.80. The van der Waals surface area contributed by atoms with Gasteiger partial charge in [0, 0.05) is 32.3 Å². The summed E-state index contributed by atoms with van der Waals surface area (Å²) >= 11 is 0. The largest absolute Gasteiger partial charge is 0.289 e. The summed E-state index contributed by atoms with van der Waals surface area (Å²) in [5.74, 6) is 0. The maximum absolute atomic E-state index is 13.4. The van der Waals surface area contributed by atoms with Gasteiger partial charge in [-0.25, -0.2) is 0 Å². The predicted molar refractivity (Wildman–Crippen MR) is 126 cm³/mol. The van der Waals surface area contributed by atoms with E-state index in [1.165, 1.54) is 0 Å². The van der Waals surface area contributed by atoms with Gasteiger partial charge >= 0.3 is 0 Å². The van der Waals surface area contributed by atoms with Crippen molar-refractivity contribution in [2.75, 3.05) is 0 Å². The Labute approximate surface area is 170 Å². The molecule has 0 aliphatic carbocycles. The van der Waals surface area contributed by atoms with Gasteiger partial charge in [0.25, 0.3) is 0 Å². The minimum Gasteiger partial charge on any atom is -0.289 e. The molecule has 0 bridgehead atoms. The third-order valence-corrected chi connectivity index (χ3v) is 6.54. The van der Waals surface area contributed by atoms with Gasteiger partial charge in [0.2, 0.25) is 0 Å². The van der Waals surface area contributed by atoms with Crippen LogP contribution in [0.4, 0.5) is 0 Å². The number of hydrogen-bond acceptors (Lipinski definition) is 2. The zero-order valence-electron chi connectivity index (χ0n) is 15.9. The first kappa shape index (κ1) is 15.8. The molecule has 7 aromatic carbocycles. The van der Waals surface area contributed by atoms with Gasteiger partial charge in [0.1, 0.15) is 0 Å². The van der Waals surface area contributed by atoms with Crippen molar-refractivity contribution < 1.29 is 0 Å². The molecule has 7 rings (SSSR count). The molecule has 2 nitrogen and oxygen atoms in total. The molecule has 30 heavy (non-hydrogen) atoms. The highest BCUT2D eigenvalue weighted by molar-refractivity contribution is 6.41. The van der Waals surface area contributed by atoms with E-state index in [9.17, 15) is 9.59 Å². The van der Waals surface area contributed by atoms with E-state index in [2.05, 4.69) is 12.1 Å². The summed E-state index contributed by atoms with van der Waals surface area (Å²) in [6, 6.07) is 27.5. The second-order valence-corrected chi connectivity index (χ2v) is 7.96. The molecule has 7 aromatic rings. The Balaban J connectivity index is 2.03. The molecule has 0 spiro atoms. The SMILES string of the molecule is O=c1c2ccccc2c2c3cccc4c(=O)c5ccccc5c(c5cccc1c52)c43. The second kappa shape index (κ2) is 5.31. The molecule has 0 aliphatic heterocycles. The Morgan fingerprint density at radius 2 is 0.600 bits per heavy atom. The van der Waals surface area contributed by atoms with E-state index in [0.717, 1.165) is 64.6 Å². The van der Waals surface area contributed by atoms with Crippen LogP contribution in [0.1, 0.15) is 0 Å². The van der Waals surface area contributed by atoms with Crippen molar-refractivity contribution in [3.8, 4) is 0 Å². The minimum atomic E-state index is 0.0616. The molecule has 0 saturated carbocycles. The van der Waals surface area contributed by atoms with Crippen LogP contribution in [0.2, 0.25) is 0 Å². The summed E-state index contributed by atoms with van der Waals surface area (Å²) in [4.78, 5) is 26.7. The number of rotatable bonds is 0. The summed E-state index contributed by atoms with van der Waals surface area (Å²) in [5, 5.41) is 11.0. The Morgan fingerprint density at radius 1 is 0.300 bits per heavy atom. The predicted octanol–water partition coefficient (Wildman–Crippen LogP) is 6.20. The van der Waals surface area contributed by atoms with Crippen LogP contribution in [0.15, 0.2) is 94.5 Å². The third-order valence-electron chi connectivity index (χ3n) is 6.54. The van der Waals surface area contributed by atoms with Gasteiger partial charge in [-0.1, -0.05) is 84.9 Å². The molecule has 0 saturated heterocycles. The number of benzene rings is 7. The summed E-state index contributed by atoms with van der Waals surface area (Å²) in [6.45, 7) is 0. The lowest BCUT2D eigenvalue weighted by atomic mass is 9.85. The Morgan fingerprint density at radius 3 is 1.03 bits per heavy atom. The smallest absolute Gasteiger partial charge is 0.194 e. The molecule has 0 N–H and O–H groups in total. The van der Waals surface area contributed by atoms with Crippen LogP contribution >= 0.6 is 0 Å². The fourth-order valence-electron chi connectivity index (χ4n) is 5.36. The van der Waals surface area contributed by atoms with Gasteiger partial charge < -0.3 is 0 Å². The molecule has 0 amide bonds. The Hall–Kier alpha value is -4.04. The van der Waals surface area contributed by atoms with Crippen LogP contribution in [0.5, 0.6) is 0 Å². The Bertz CT molecular complexity index is 1790. The average molecular weight is 382 g/mol. The van der Waals surface area contributed by atoms with E-state index in [4.69, 9.17) is 0 Å². The zero-order valence-corrected chi connectivity index (χ0v) is 15.9. The van der Waals surface area contributed by atoms with Gasteiger partial charge in [-0.15, -0.1) is 0 Å². The third kappa shape index (κ3) is 1.71. The monoisotopic (exact) mass is 382 g/mol. The molecular formula is C28H14O2. The highest BCUT2D eigenvalue weighted by Crippen LogP contribution is 2.43. The van der Waals surface area contributed by atoms with Gasteiger partial charge in [0.05, 0.1) is 0 Å². The first-order valence-corrected chi connectivity index (χ1v) is 10.1. The van der Waals surface area contributed by atoms with E-state index in [-0.39, 0.29) is 10.9 Å². The molecule has 0 radical (unpaired) electrons. The van der Waals surface area contributed by atoms with Gasteiger partial charge in [0.15, 0.2) is 10.9 Å². The fourth-order valence-corrected chi connectivity index (χ4v) is 5.36. The first-order chi connectivity index (χ1) is 14.8. The van der Waals surface area contributed by atoms with E-state index in [1.807, 2.05) is 72.8 Å². The van der Waals surface area contributed by atoms with Crippen molar-refractivity contribution >= 4 is 64.6 Å². The van der Waals surface area contributed by atoms with E-state index in [0.29, 0.717) is 0 Å². The summed E-state index contributed by atoms with van der Waals surface area (Å²) in [7, 11) is 0. The molecule has 0 heterocycles. The summed E-state index contributed by atoms with van der Waals surface area (Å²) < 4.78 is 0. The quantitative estimate of drug-likeness (QED) is 0.231. The van der Waals surface area contributed by atoms with Gasteiger partial charge in [-0.05, 0) is 32.3 Å². The normalized spacial score (nSPS) is 12.3. The van der Waals surface area contributed by atoms with Crippen molar-refractivity contribution in [2.45, 2.75) is 0 Å². The first-order valence-electron chi connectivity index (χ1n) is 10.1. The van der Waals surface area contributed by atoms with Gasteiger partial charge in [-0.2, -0.15) is 0 Å². The van der Waals surface area contributed by atoms with Crippen LogP contribution in [-0.4, -0.2) is 0 Å². The lowest BCUT2D eigenvalue weighted by Gasteiger charge is -2.17. The van der Waals surface area contributed by atoms with Crippen molar-refractivity contribution in [1.82, 2.24) is 0 Å². The summed E-state index contributed by atoms with van der Waals surface area (Å²) in [6.07, 6.45) is 0. The number of hydrogen-bond donors (Lipinski definition) is 0. The van der Waals surface area contributed by atoms with Crippen LogP contribution in [0.25, 0.3) is 64.6 Å². The molecule has 138 valence electrons. The molecule has 0 aromatic heterocycles. The number of fused-ring (bicyclic) bond motifs is 6. The van der Waals surface area contributed by atoms with Crippen LogP contribution in [0.3, 0.4) is 0 Å². The van der Waals surface area contributed by atoms with Crippen LogP contribution in [0, 0.1) is 0 Å². The maximum Gasteiger partial charge on any atom is 0.194 e. The molecule has 0 unspecified atom stereocenters. The minimum absolute atomic E-state index is 0.0616. The van der Waals surface area contributed by atoms with Crippen molar-refractivity contribution in [3.63, 3.8) is 0 Å². The van der Waals surface area contributed by atoms with Crippen molar-refractivity contribution in [1.29, 1.82) is 0 Å². The van der Waals surface area contributed by atoms with E-state index < -0.39 is 0 Å². The van der Waals surface area contributed by atoms with Crippen molar-refractivity contribution in [2.24, 2.45) is 0 Å². The lowest BCUT2D eigenvalue weighted by Crippen LogP contribution is -2.06. The topological polar surface area (TPSA) is 34.1 Å². The highest BCUT2D eigenvalue weighted by atomic mass is 16.1. The fraction of sp³-hybridized carbons (Fsp3) is 0. The lowest BCUT2D eigenvalue weighted by molar-refractivity contribution is 1.72. The average Bonchev–Trinajstić information content (AvgIpc) is 2.80. The summed E-state index contributed by atoms with van der Waals surface area (Å²) in [5.41, 5.74) is 0.123. The van der Waals surface area contributed by atoms with Crippen molar-refractivity contribution in [3.05, 3.63) is 105 Å². The highest BCUT2D eigenvalue weighted by Gasteiger charge is 2.20. The van der Waals surface area contributed by atoms with E-state index in [1.54, 1.807) is 0 Å². The van der Waals surface area contributed by atoms with E-state index >= 15 is 0 Å². The second-order valence-electron chi connectivity index (χ2n) is 7.96. The van der Waals surface area contributed by atoms with Gasteiger partial charge in [-0.3, -0.25) is 9.59 Å². The maximum atomic E-state index is 13.4. The molecular weight excluding hydrogens is 368 g/mol. The molecule has 0 aliphatic rings. The van der Waals surface area contributed by atoms with Crippen LogP contribution < -0.4 is 10.9 Å². The zero-order chi connectivity index (χ0) is 20.0. The molecule has 0 fully saturated rings. The standard InChI is InChI=1S/C28H14O2/c29-27-17-9-3-1-7-15(17)23-19-11-5-14-22-26(19)24(20-12-6-13-21(27)25(20)23)16-8-2-4-10-18(16)28(22)30/h1-14H. The molecule has 0 atom stereocenters. The molecule has 2 heteroatoms.